The van der Waals surface area contributed by atoms with E-state index >= 15 is 0 Å². The third-order valence-electron chi connectivity index (χ3n) is 7.63. The van der Waals surface area contributed by atoms with Crippen LogP contribution in [0.5, 0.6) is 5.75 Å². The number of sulfonamides is 1. The van der Waals surface area contributed by atoms with Gasteiger partial charge >= 0.3 is 0 Å². The fourth-order valence-corrected chi connectivity index (χ4v) is 6.95. The van der Waals surface area contributed by atoms with Crippen LogP contribution in [0.15, 0.2) is 112 Å². The zero-order valence-corrected chi connectivity index (χ0v) is 29.8. The van der Waals surface area contributed by atoms with E-state index in [1.54, 1.807) is 24.3 Å². The number of nitrogens with zero attached hydrogens (tertiary/aromatic N) is 2. The van der Waals surface area contributed by atoms with Crippen LogP contribution in [0.4, 0.5) is 5.69 Å². The Morgan fingerprint density at radius 1 is 0.894 bits per heavy atom. The van der Waals surface area contributed by atoms with Gasteiger partial charge in [0.1, 0.15) is 18.3 Å². The first-order chi connectivity index (χ1) is 22.5. The Balaban J connectivity index is 1.81. The average molecular weight is 741 g/mol. The summed E-state index contributed by atoms with van der Waals surface area (Å²) in [6, 6.07) is 28.2. The summed E-state index contributed by atoms with van der Waals surface area (Å²) in [6.45, 7) is 5.68. The standard InChI is InChI=1S/C36H39BrClN3O5S/c1-4-26(3)39-36(43)34(23-27-10-7-6-8-11-27)40(24-28-12-9-13-29(37)22-28)35(42)25-41(31-16-18-32(19-17-31)46-5-2)47(44,45)33-20-14-30(38)15-21-33/h6-22,26,34H,4-5,23-25H2,1-3H3,(H,39,43)/t26-,34+/m1/s1. The SMILES string of the molecule is CCOc1ccc(N(CC(=O)N(Cc2cccc(Br)c2)[C@@H](Cc2ccccc2)C(=O)N[C@H](C)CC)S(=O)(=O)c2ccc(Cl)cc2)cc1. The van der Waals surface area contributed by atoms with Crippen LogP contribution in [0.3, 0.4) is 0 Å². The Labute approximate surface area is 290 Å². The molecule has 0 radical (unpaired) electrons. The number of nitrogens with one attached hydrogen (secondary N) is 1. The predicted octanol–water partition coefficient (Wildman–Crippen LogP) is 7.25. The zero-order valence-electron chi connectivity index (χ0n) is 26.6. The lowest BCUT2D eigenvalue weighted by Gasteiger charge is -2.34. The molecule has 0 aliphatic heterocycles. The van der Waals surface area contributed by atoms with E-state index in [0.29, 0.717) is 23.8 Å². The van der Waals surface area contributed by atoms with Crippen molar-refractivity contribution in [3.05, 3.63) is 124 Å². The average Bonchev–Trinajstić information content (AvgIpc) is 3.06. The second kappa shape index (κ2) is 16.8. The molecule has 0 unspecified atom stereocenters. The van der Waals surface area contributed by atoms with Gasteiger partial charge in [0.05, 0.1) is 17.2 Å². The molecule has 4 aromatic rings. The lowest BCUT2D eigenvalue weighted by Crippen LogP contribution is -2.54. The molecular formula is C36H39BrClN3O5S. The van der Waals surface area contributed by atoms with Crippen LogP contribution in [-0.4, -0.2) is 50.4 Å². The molecule has 0 saturated heterocycles. The molecule has 0 fully saturated rings. The highest BCUT2D eigenvalue weighted by atomic mass is 79.9. The molecule has 0 bridgehead atoms. The van der Waals surface area contributed by atoms with E-state index in [1.165, 1.54) is 29.2 Å². The van der Waals surface area contributed by atoms with Crippen molar-refractivity contribution in [1.29, 1.82) is 0 Å². The molecule has 4 aromatic carbocycles. The molecule has 1 N–H and O–H groups in total. The molecule has 0 saturated carbocycles. The first-order valence-electron chi connectivity index (χ1n) is 15.4. The largest absolute Gasteiger partial charge is 0.494 e. The summed E-state index contributed by atoms with van der Waals surface area (Å²) in [5.74, 6) is -0.302. The Bertz CT molecular complexity index is 1740. The molecule has 0 aliphatic carbocycles. The van der Waals surface area contributed by atoms with Crippen molar-refractivity contribution in [3.8, 4) is 5.75 Å². The number of carbonyl (C=O) groups excluding carboxylic acids is 2. The van der Waals surface area contributed by atoms with Crippen molar-refractivity contribution in [2.75, 3.05) is 17.5 Å². The number of rotatable bonds is 15. The van der Waals surface area contributed by atoms with Gasteiger partial charge in [0, 0.05) is 28.5 Å². The van der Waals surface area contributed by atoms with Crippen LogP contribution in [0.1, 0.15) is 38.3 Å². The maximum absolute atomic E-state index is 14.6. The minimum absolute atomic E-state index is 0.0301. The van der Waals surface area contributed by atoms with E-state index < -0.39 is 28.5 Å². The monoisotopic (exact) mass is 739 g/mol. The predicted molar refractivity (Wildman–Crippen MR) is 190 cm³/mol. The Morgan fingerprint density at radius 2 is 1.55 bits per heavy atom. The van der Waals surface area contributed by atoms with Crippen molar-refractivity contribution in [1.82, 2.24) is 10.2 Å². The number of halogens is 2. The summed E-state index contributed by atoms with van der Waals surface area (Å²) in [7, 11) is -4.25. The maximum atomic E-state index is 14.6. The van der Waals surface area contributed by atoms with E-state index in [1.807, 2.05) is 75.4 Å². The molecule has 0 heterocycles. The summed E-state index contributed by atoms with van der Waals surface area (Å²) in [6.07, 6.45) is 0.935. The third kappa shape index (κ3) is 9.82. The van der Waals surface area contributed by atoms with Crippen LogP contribution in [0, 0.1) is 0 Å². The number of ether oxygens (including phenoxy) is 1. The van der Waals surface area contributed by atoms with E-state index in [2.05, 4.69) is 21.2 Å². The molecule has 47 heavy (non-hydrogen) atoms. The van der Waals surface area contributed by atoms with E-state index in [-0.39, 0.29) is 35.5 Å². The minimum atomic E-state index is -4.25. The van der Waals surface area contributed by atoms with E-state index in [4.69, 9.17) is 16.3 Å². The molecule has 2 amide bonds. The van der Waals surface area contributed by atoms with Crippen LogP contribution >= 0.6 is 27.5 Å². The number of carbonyl (C=O) groups is 2. The number of anilines is 1. The molecule has 0 aliphatic rings. The molecule has 0 aromatic heterocycles. The van der Waals surface area contributed by atoms with Gasteiger partial charge in [-0.1, -0.05) is 76.9 Å². The third-order valence-corrected chi connectivity index (χ3v) is 10.2. The van der Waals surface area contributed by atoms with Crippen molar-refractivity contribution in [2.45, 2.75) is 57.1 Å². The normalized spacial score (nSPS) is 12.5. The van der Waals surface area contributed by atoms with Gasteiger partial charge in [-0.2, -0.15) is 0 Å². The number of amides is 2. The second-order valence-corrected chi connectivity index (χ2v) is 14.3. The molecule has 11 heteroatoms. The molecule has 248 valence electrons. The van der Waals surface area contributed by atoms with Gasteiger partial charge < -0.3 is 15.0 Å². The Morgan fingerprint density at radius 3 is 2.17 bits per heavy atom. The maximum Gasteiger partial charge on any atom is 0.264 e. The number of hydrogen-bond acceptors (Lipinski definition) is 5. The summed E-state index contributed by atoms with van der Waals surface area (Å²) < 4.78 is 35.8. The van der Waals surface area contributed by atoms with Crippen molar-refractivity contribution in [3.63, 3.8) is 0 Å². The Kier molecular flexibility index (Phi) is 12.9. The van der Waals surface area contributed by atoms with Gasteiger partial charge in [0.25, 0.3) is 10.0 Å². The Hall–Kier alpha value is -3.86. The number of hydrogen-bond donors (Lipinski definition) is 1. The zero-order chi connectivity index (χ0) is 34.0. The smallest absolute Gasteiger partial charge is 0.264 e. The summed E-state index contributed by atoms with van der Waals surface area (Å²) in [5.41, 5.74) is 1.90. The quantitative estimate of drug-likeness (QED) is 0.139. The molecule has 2 atom stereocenters. The van der Waals surface area contributed by atoms with Crippen LogP contribution < -0.4 is 14.4 Å². The highest BCUT2D eigenvalue weighted by molar-refractivity contribution is 9.10. The summed E-state index contributed by atoms with van der Waals surface area (Å²) >= 11 is 9.58. The highest BCUT2D eigenvalue weighted by Gasteiger charge is 2.35. The van der Waals surface area contributed by atoms with E-state index in [0.717, 1.165) is 19.9 Å². The lowest BCUT2D eigenvalue weighted by molar-refractivity contribution is -0.140. The fourth-order valence-electron chi connectivity index (χ4n) is 4.96. The van der Waals surface area contributed by atoms with Gasteiger partial charge in [-0.05, 0) is 92.1 Å². The van der Waals surface area contributed by atoms with Gasteiger partial charge in [-0.25, -0.2) is 8.42 Å². The van der Waals surface area contributed by atoms with Gasteiger partial charge in [0.2, 0.25) is 11.8 Å². The highest BCUT2D eigenvalue weighted by Crippen LogP contribution is 2.28. The lowest BCUT2D eigenvalue weighted by atomic mass is 10.0. The summed E-state index contributed by atoms with van der Waals surface area (Å²) in [4.78, 5) is 30.0. The molecular weight excluding hydrogens is 702 g/mol. The number of benzene rings is 4. The van der Waals surface area contributed by atoms with Crippen LogP contribution in [0.2, 0.25) is 5.02 Å². The first kappa shape index (κ1) is 36.0. The minimum Gasteiger partial charge on any atom is -0.494 e. The van der Waals surface area contributed by atoms with Crippen LogP contribution in [0.25, 0.3) is 0 Å². The van der Waals surface area contributed by atoms with Gasteiger partial charge in [-0.15, -0.1) is 0 Å². The molecule has 8 nitrogen and oxygen atoms in total. The van der Waals surface area contributed by atoms with Crippen molar-refractivity contribution in [2.24, 2.45) is 0 Å². The van der Waals surface area contributed by atoms with Crippen LogP contribution in [-0.2, 0) is 32.6 Å². The second-order valence-electron chi connectivity index (χ2n) is 11.1. The first-order valence-corrected chi connectivity index (χ1v) is 18.0. The molecule has 4 rings (SSSR count). The van der Waals surface area contributed by atoms with E-state index in [9.17, 15) is 18.0 Å². The van der Waals surface area contributed by atoms with Gasteiger partial charge in [0.15, 0.2) is 0 Å². The van der Waals surface area contributed by atoms with Gasteiger partial charge in [-0.3, -0.25) is 13.9 Å². The topological polar surface area (TPSA) is 96.0 Å². The van der Waals surface area contributed by atoms with Crippen molar-refractivity contribution >= 4 is 55.1 Å². The summed E-state index contributed by atoms with van der Waals surface area (Å²) in [5, 5.41) is 3.43. The van der Waals surface area contributed by atoms with Crippen molar-refractivity contribution < 1.29 is 22.7 Å². The fraction of sp³-hybridized carbons (Fsp3) is 0.278. The molecule has 0 spiro atoms.